The molecule has 2 aromatic heterocycles. The van der Waals surface area contributed by atoms with E-state index < -0.39 is 5.97 Å². The highest BCUT2D eigenvalue weighted by Crippen LogP contribution is 2.19. The maximum Gasteiger partial charge on any atom is 0.350 e. The van der Waals surface area contributed by atoms with Crippen molar-refractivity contribution in [1.82, 2.24) is 19.5 Å². The summed E-state index contributed by atoms with van der Waals surface area (Å²) in [5.74, 6) is -0.817. The van der Waals surface area contributed by atoms with Crippen molar-refractivity contribution in [3.8, 4) is 6.07 Å². The minimum Gasteiger partial charge on any atom is -0.465 e. The van der Waals surface area contributed by atoms with E-state index in [1.54, 1.807) is 24.0 Å². The Labute approximate surface area is 108 Å². The lowest BCUT2D eigenvalue weighted by atomic mass is 10.1. The molecule has 0 aliphatic carbocycles. The molecule has 0 atom stereocenters. The number of rotatable bonds is 2. The van der Waals surface area contributed by atoms with Crippen molar-refractivity contribution in [3.63, 3.8) is 0 Å². The second-order valence-electron chi connectivity index (χ2n) is 3.64. The summed E-state index contributed by atoms with van der Waals surface area (Å²) in [6.45, 7) is 0. The zero-order chi connectivity index (χ0) is 14.0. The van der Waals surface area contributed by atoms with Gasteiger partial charge in [-0.3, -0.25) is 0 Å². The van der Waals surface area contributed by atoms with Gasteiger partial charge in [-0.05, 0) is 0 Å². The fourth-order valence-electron chi connectivity index (χ4n) is 1.58. The number of aromatic nitrogens is 4. The number of methoxy groups -OCH3 is 1. The molecule has 8 nitrogen and oxygen atoms in total. The summed E-state index contributed by atoms with van der Waals surface area (Å²) >= 11 is 0. The van der Waals surface area contributed by atoms with Gasteiger partial charge in [0, 0.05) is 7.05 Å². The van der Waals surface area contributed by atoms with Crippen LogP contribution >= 0.6 is 0 Å². The van der Waals surface area contributed by atoms with Gasteiger partial charge in [0.05, 0.1) is 19.1 Å². The van der Waals surface area contributed by atoms with Gasteiger partial charge in [0.15, 0.2) is 11.2 Å². The third kappa shape index (κ3) is 1.97. The molecule has 0 fully saturated rings. The molecule has 0 amide bonds. The van der Waals surface area contributed by atoms with Crippen molar-refractivity contribution in [2.24, 2.45) is 12.8 Å². The number of hydrogen-bond donors (Lipinski definition) is 1. The molecule has 0 aromatic carbocycles. The van der Waals surface area contributed by atoms with Crippen LogP contribution in [0.25, 0.3) is 16.9 Å². The first-order valence-electron chi connectivity index (χ1n) is 5.20. The van der Waals surface area contributed by atoms with Crippen molar-refractivity contribution in [3.05, 3.63) is 23.9 Å². The summed E-state index contributed by atoms with van der Waals surface area (Å²) in [6.07, 6.45) is 2.83. The molecule has 0 saturated carbocycles. The number of aryl methyl sites for hydroxylation is 1. The number of imidazole rings is 1. The maximum atomic E-state index is 11.4. The first-order valence-corrected chi connectivity index (χ1v) is 5.20. The molecule has 0 aliphatic heterocycles. The zero-order valence-corrected chi connectivity index (χ0v) is 10.3. The Morgan fingerprint density at radius 1 is 1.47 bits per heavy atom. The molecular formula is C11H10N6O2. The molecule has 2 aromatic rings. The summed E-state index contributed by atoms with van der Waals surface area (Å²) in [5, 5.41) is 8.98. The molecule has 0 unspecified atom stereocenters. The molecule has 0 radical (unpaired) electrons. The van der Waals surface area contributed by atoms with E-state index in [-0.39, 0.29) is 17.0 Å². The molecular weight excluding hydrogens is 248 g/mol. The Bertz CT molecular complexity index is 724. The molecule has 2 heterocycles. The van der Waals surface area contributed by atoms with E-state index in [1.165, 1.54) is 13.4 Å². The van der Waals surface area contributed by atoms with Crippen LogP contribution in [0.4, 0.5) is 0 Å². The second kappa shape index (κ2) is 4.73. The molecule has 0 saturated heterocycles. The normalized spacial score (nSPS) is 11.8. The Morgan fingerprint density at radius 2 is 2.21 bits per heavy atom. The van der Waals surface area contributed by atoms with Gasteiger partial charge in [0.25, 0.3) is 0 Å². The molecule has 2 rings (SSSR count). The monoisotopic (exact) mass is 258 g/mol. The van der Waals surface area contributed by atoms with Gasteiger partial charge in [-0.15, -0.1) is 0 Å². The van der Waals surface area contributed by atoms with Gasteiger partial charge in [-0.2, -0.15) is 5.26 Å². The molecule has 0 bridgehead atoms. The van der Waals surface area contributed by atoms with Gasteiger partial charge in [0.2, 0.25) is 0 Å². The average Bonchev–Trinajstić information content (AvgIpc) is 2.81. The van der Waals surface area contributed by atoms with Crippen LogP contribution < -0.4 is 5.73 Å². The van der Waals surface area contributed by atoms with E-state index in [9.17, 15) is 4.79 Å². The summed E-state index contributed by atoms with van der Waals surface area (Å²) in [7, 11) is 2.93. The molecule has 8 heteroatoms. The van der Waals surface area contributed by atoms with Gasteiger partial charge < -0.3 is 15.0 Å². The Hall–Kier alpha value is -2.95. The first-order chi connectivity index (χ1) is 9.10. The first kappa shape index (κ1) is 12.5. The van der Waals surface area contributed by atoms with Crippen molar-refractivity contribution >= 4 is 22.8 Å². The van der Waals surface area contributed by atoms with E-state index in [2.05, 4.69) is 19.7 Å². The largest absolute Gasteiger partial charge is 0.465 e. The number of fused-ring (bicyclic) bond motifs is 1. The van der Waals surface area contributed by atoms with E-state index in [0.717, 1.165) is 0 Å². The molecule has 0 spiro atoms. The summed E-state index contributed by atoms with van der Waals surface area (Å²) in [6, 6.07) is 1.71. The highest BCUT2D eigenvalue weighted by Gasteiger charge is 2.19. The third-order valence-corrected chi connectivity index (χ3v) is 2.52. The third-order valence-electron chi connectivity index (χ3n) is 2.52. The molecule has 2 N–H and O–H groups in total. The lowest BCUT2D eigenvalue weighted by Gasteiger charge is -2.04. The average molecular weight is 258 g/mol. The number of ether oxygens (including phenoxy) is 1. The van der Waals surface area contributed by atoms with Crippen LogP contribution in [-0.2, 0) is 16.6 Å². The van der Waals surface area contributed by atoms with Crippen LogP contribution in [0.2, 0.25) is 0 Å². The number of esters is 1. The van der Waals surface area contributed by atoms with Crippen LogP contribution in [0.3, 0.4) is 0 Å². The molecule has 19 heavy (non-hydrogen) atoms. The van der Waals surface area contributed by atoms with E-state index >= 15 is 0 Å². The van der Waals surface area contributed by atoms with Gasteiger partial charge in [0.1, 0.15) is 23.6 Å². The predicted molar refractivity (Wildman–Crippen MR) is 65.0 cm³/mol. The van der Waals surface area contributed by atoms with Gasteiger partial charge in [-0.25, -0.2) is 19.7 Å². The minimum absolute atomic E-state index is 0.0829. The number of carbonyl (C=O) groups is 1. The molecule has 0 aliphatic rings. The fraction of sp³-hybridized carbons (Fsp3) is 0.182. The maximum absolute atomic E-state index is 11.4. The van der Waals surface area contributed by atoms with Crippen LogP contribution in [0.5, 0.6) is 0 Å². The van der Waals surface area contributed by atoms with Gasteiger partial charge in [-0.1, -0.05) is 0 Å². The number of nitrogens with zero attached hydrogens (tertiary/aromatic N) is 5. The standard InChI is InChI=1S/C11H10N6O2/c1-17-5-16-9-8(14-4-15-10(9)17)7(13)6(3-12)11(18)19-2/h4-5H,13H2,1-2H3/b7-6-. The highest BCUT2D eigenvalue weighted by molar-refractivity contribution is 6.02. The minimum atomic E-state index is -0.817. The van der Waals surface area contributed by atoms with Crippen molar-refractivity contribution in [1.29, 1.82) is 5.26 Å². The Kier molecular flexibility index (Phi) is 3.12. The van der Waals surface area contributed by atoms with E-state index in [1.807, 2.05) is 0 Å². The second-order valence-corrected chi connectivity index (χ2v) is 3.64. The van der Waals surface area contributed by atoms with Crippen molar-refractivity contribution < 1.29 is 9.53 Å². The topological polar surface area (TPSA) is 120 Å². The van der Waals surface area contributed by atoms with E-state index in [0.29, 0.717) is 11.2 Å². The lowest BCUT2D eigenvalue weighted by molar-refractivity contribution is -0.135. The number of hydrogen-bond acceptors (Lipinski definition) is 7. The van der Waals surface area contributed by atoms with Crippen LogP contribution in [0.15, 0.2) is 18.2 Å². The smallest absolute Gasteiger partial charge is 0.350 e. The van der Waals surface area contributed by atoms with Crippen molar-refractivity contribution in [2.45, 2.75) is 0 Å². The van der Waals surface area contributed by atoms with Crippen LogP contribution in [0.1, 0.15) is 5.69 Å². The lowest BCUT2D eigenvalue weighted by Crippen LogP contribution is -2.12. The molecule has 96 valence electrons. The Balaban J connectivity index is 2.71. The van der Waals surface area contributed by atoms with Gasteiger partial charge >= 0.3 is 5.97 Å². The number of nitrogens with two attached hydrogens (primary N) is 1. The summed E-state index contributed by atoms with van der Waals surface area (Å²) < 4.78 is 6.17. The fourth-order valence-corrected chi connectivity index (χ4v) is 1.58. The number of carbonyl (C=O) groups excluding carboxylic acids is 1. The van der Waals surface area contributed by atoms with Crippen molar-refractivity contribution in [2.75, 3.05) is 7.11 Å². The number of nitriles is 1. The highest BCUT2D eigenvalue weighted by atomic mass is 16.5. The zero-order valence-electron chi connectivity index (χ0n) is 10.3. The van der Waals surface area contributed by atoms with E-state index in [4.69, 9.17) is 11.0 Å². The quantitative estimate of drug-likeness (QED) is 0.447. The van der Waals surface area contributed by atoms with Crippen LogP contribution in [-0.4, -0.2) is 32.6 Å². The summed E-state index contributed by atoms with van der Waals surface area (Å²) in [5.41, 5.74) is 6.62. The predicted octanol–water partition coefficient (Wildman–Crippen LogP) is -0.270. The van der Waals surface area contributed by atoms with Crippen LogP contribution in [0, 0.1) is 11.3 Å². The Morgan fingerprint density at radius 3 is 2.84 bits per heavy atom. The SMILES string of the molecule is COC(=O)/C(C#N)=C(\N)c1ncnc2c1ncn2C. The summed E-state index contributed by atoms with van der Waals surface area (Å²) in [4.78, 5) is 23.6.